The van der Waals surface area contributed by atoms with E-state index in [1.807, 2.05) is 13.8 Å². The molecule has 1 aromatic heterocycles. The third-order valence-electron chi connectivity index (χ3n) is 3.13. The van der Waals surface area contributed by atoms with Gasteiger partial charge in [0.1, 0.15) is 0 Å². The Bertz CT molecular complexity index is 471. The molecule has 0 amide bonds. The fourth-order valence-electron chi connectivity index (χ4n) is 2.40. The number of rotatable bonds is 0. The number of nitrogens with one attached hydrogen (secondary N) is 1. The third-order valence-corrected chi connectivity index (χ3v) is 3.13. The van der Waals surface area contributed by atoms with Gasteiger partial charge in [0.15, 0.2) is 0 Å². The molecule has 1 atom stereocenters. The monoisotopic (exact) mass is 216 g/mol. The molecule has 2 heteroatoms. The minimum absolute atomic E-state index is 0.349. The fraction of sp³-hybridized carbons (Fsp3) is 0.429. The van der Waals surface area contributed by atoms with Gasteiger partial charge in [-0.25, -0.2) is 0 Å². The average Bonchev–Trinajstić information content (AvgIpc) is 2.70. The summed E-state index contributed by atoms with van der Waals surface area (Å²) in [5.41, 5.74) is 10.1. The minimum Gasteiger partial charge on any atom is -0.358 e. The van der Waals surface area contributed by atoms with Crippen molar-refractivity contribution in [2.75, 3.05) is 0 Å². The molecule has 2 aromatic rings. The molecule has 3 N–H and O–H groups in total. The molecule has 0 fully saturated rings. The van der Waals surface area contributed by atoms with E-state index in [9.17, 15) is 0 Å². The Morgan fingerprint density at radius 3 is 2.81 bits per heavy atom. The Balaban J connectivity index is 0.000000457. The minimum atomic E-state index is 0.349. The van der Waals surface area contributed by atoms with E-state index in [1.165, 1.54) is 22.2 Å². The Morgan fingerprint density at radius 2 is 2.00 bits per heavy atom. The van der Waals surface area contributed by atoms with Gasteiger partial charge < -0.3 is 10.7 Å². The Labute approximate surface area is 96.9 Å². The van der Waals surface area contributed by atoms with Crippen molar-refractivity contribution in [3.63, 3.8) is 0 Å². The lowest BCUT2D eigenvalue weighted by molar-refractivity contribution is 0.574. The van der Waals surface area contributed by atoms with Crippen molar-refractivity contribution >= 4 is 10.9 Å². The number of para-hydroxylation sites is 1. The van der Waals surface area contributed by atoms with Crippen molar-refractivity contribution in [3.05, 3.63) is 35.5 Å². The van der Waals surface area contributed by atoms with Crippen LogP contribution >= 0.6 is 0 Å². The zero-order valence-corrected chi connectivity index (χ0v) is 10.1. The quantitative estimate of drug-likeness (QED) is 0.698. The van der Waals surface area contributed by atoms with Crippen molar-refractivity contribution in [3.8, 4) is 0 Å². The molecular formula is C14H20N2. The molecule has 1 heterocycles. The van der Waals surface area contributed by atoms with Gasteiger partial charge in [-0.3, -0.25) is 0 Å². The number of aromatic nitrogens is 1. The van der Waals surface area contributed by atoms with E-state index in [2.05, 4.69) is 29.2 Å². The molecule has 3 rings (SSSR count). The summed E-state index contributed by atoms with van der Waals surface area (Å²) < 4.78 is 0. The van der Waals surface area contributed by atoms with Gasteiger partial charge in [0.25, 0.3) is 0 Å². The average molecular weight is 216 g/mol. The molecule has 0 aliphatic heterocycles. The van der Waals surface area contributed by atoms with Crippen LogP contribution < -0.4 is 5.73 Å². The zero-order valence-electron chi connectivity index (χ0n) is 10.1. The first-order valence-corrected chi connectivity index (χ1v) is 6.18. The molecule has 0 saturated heterocycles. The van der Waals surface area contributed by atoms with E-state index in [-0.39, 0.29) is 0 Å². The van der Waals surface area contributed by atoms with Crippen LogP contribution in [0.25, 0.3) is 10.9 Å². The van der Waals surface area contributed by atoms with E-state index in [0.717, 1.165) is 19.3 Å². The molecule has 1 aliphatic carbocycles. The van der Waals surface area contributed by atoms with E-state index in [0.29, 0.717) is 6.04 Å². The van der Waals surface area contributed by atoms with Crippen LogP contribution in [-0.2, 0) is 12.8 Å². The Hall–Kier alpha value is -1.28. The summed E-state index contributed by atoms with van der Waals surface area (Å²) in [6.45, 7) is 4.00. The van der Waals surface area contributed by atoms with E-state index < -0.39 is 0 Å². The summed E-state index contributed by atoms with van der Waals surface area (Å²) in [5, 5.41) is 1.36. The summed E-state index contributed by atoms with van der Waals surface area (Å²) in [5.74, 6) is 0. The van der Waals surface area contributed by atoms with E-state index in [4.69, 9.17) is 5.73 Å². The normalized spacial score (nSPS) is 18.8. The van der Waals surface area contributed by atoms with E-state index in [1.54, 1.807) is 0 Å². The van der Waals surface area contributed by atoms with Crippen LogP contribution in [0.5, 0.6) is 0 Å². The van der Waals surface area contributed by atoms with Gasteiger partial charge in [0.2, 0.25) is 0 Å². The van der Waals surface area contributed by atoms with Crippen LogP contribution in [-0.4, -0.2) is 11.0 Å². The smallest absolute Gasteiger partial charge is 0.0458 e. The molecule has 1 aromatic carbocycles. The van der Waals surface area contributed by atoms with Gasteiger partial charge in [0, 0.05) is 22.6 Å². The van der Waals surface area contributed by atoms with Gasteiger partial charge in [-0.05, 0) is 30.9 Å². The van der Waals surface area contributed by atoms with Gasteiger partial charge in [0.05, 0.1) is 0 Å². The number of nitrogens with two attached hydrogens (primary N) is 1. The van der Waals surface area contributed by atoms with Gasteiger partial charge in [-0.2, -0.15) is 0 Å². The van der Waals surface area contributed by atoms with Crippen molar-refractivity contribution in [1.29, 1.82) is 0 Å². The van der Waals surface area contributed by atoms with Crippen LogP contribution in [0.1, 0.15) is 31.5 Å². The second-order valence-electron chi connectivity index (χ2n) is 4.13. The lowest BCUT2D eigenvalue weighted by Gasteiger charge is -2.17. The number of hydrogen-bond donors (Lipinski definition) is 2. The molecule has 0 bridgehead atoms. The molecule has 0 saturated carbocycles. The standard InChI is InChI=1S/C12H14N2.C2H6/c13-8-5-6-12-10(7-8)9-3-1-2-4-11(9)14-12;1-2/h1-4,8,14H,5-7,13H2;1-2H3. The highest BCUT2D eigenvalue weighted by Crippen LogP contribution is 2.28. The highest BCUT2D eigenvalue weighted by Gasteiger charge is 2.19. The maximum atomic E-state index is 5.99. The molecule has 16 heavy (non-hydrogen) atoms. The maximum absolute atomic E-state index is 5.99. The topological polar surface area (TPSA) is 41.8 Å². The van der Waals surface area contributed by atoms with Crippen LogP contribution in [0.3, 0.4) is 0 Å². The predicted octanol–water partition coefficient (Wildman–Crippen LogP) is 3.01. The first-order chi connectivity index (χ1) is 7.84. The summed E-state index contributed by atoms with van der Waals surface area (Å²) in [4.78, 5) is 3.48. The second kappa shape index (κ2) is 4.71. The lowest BCUT2D eigenvalue weighted by Crippen LogP contribution is -2.27. The van der Waals surface area contributed by atoms with Crippen molar-refractivity contribution < 1.29 is 0 Å². The summed E-state index contributed by atoms with van der Waals surface area (Å²) in [7, 11) is 0. The second-order valence-corrected chi connectivity index (χ2v) is 4.13. The molecule has 0 spiro atoms. The molecule has 1 aliphatic rings. The summed E-state index contributed by atoms with van der Waals surface area (Å²) >= 11 is 0. The number of hydrogen-bond acceptors (Lipinski definition) is 1. The largest absolute Gasteiger partial charge is 0.358 e. The predicted molar refractivity (Wildman–Crippen MR) is 69.6 cm³/mol. The third kappa shape index (κ3) is 1.85. The van der Waals surface area contributed by atoms with Crippen LogP contribution in [0, 0.1) is 0 Å². The molecule has 1 unspecified atom stereocenters. The van der Waals surface area contributed by atoms with Gasteiger partial charge in [-0.15, -0.1) is 0 Å². The molecule has 0 radical (unpaired) electrons. The fourth-order valence-corrected chi connectivity index (χ4v) is 2.40. The Morgan fingerprint density at radius 1 is 1.25 bits per heavy atom. The maximum Gasteiger partial charge on any atom is 0.0458 e. The van der Waals surface area contributed by atoms with Gasteiger partial charge >= 0.3 is 0 Å². The highest BCUT2D eigenvalue weighted by atomic mass is 14.7. The number of fused-ring (bicyclic) bond motifs is 3. The first kappa shape index (κ1) is 11.2. The summed E-state index contributed by atoms with van der Waals surface area (Å²) in [6, 6.07) is 8.84. The van der Waals surface area contributed by atoms with Crippen molar-refractivity contribution in [2.24, 2.45) is 5.73 Å². The molecular weight excluding hydrogens is 196 g/mol. The number of aromatic amines is 1. The van der Waals surface area contributed by atoms with Crippen molar-refractivity contribution in [2.45, 2.75) is 39.2 Å². The van der Waals surface area contributed by atoms with Gasteiger partial charge in [-0.1, -0.05) is 32.0 Å². The number of H-pyrrole nitrogens is 1. The zero-order chi connectivity index (χ0) is 11.5. The lowest BCUT2D eigenvalue weighted by atomic mass is 9.92. The van der Waals surface area contributed by atoms with Crippen LogP contribution in [0.2, 0.25) is 0 Å². The number of benzene rings is 1. The Kier molecular flexibility index (Phi) is 3.30. The molecule has 86 valence electrons. The molecule has 2 nitrogen and oxygen atoms in total. The van der Waals surface area contributed by atoms with Crippen LogP contribution in [0.4, 0.5) is 0 Å². The highest BCUT2D eigenvalue weighted by molar-refractivity contribution is 5.84. The van der Waals surface area contributed by atoms with E-state index >= 15 is 0 Å². The number of aryl methyl sites for hydroxylation is 1. The summed E-state index contributed by atoms with van der Waals surface area (Å²) in [6.07, 6.45) is 3.24. The van der Waals surface area contributed by atoms with Crippen molar-refractivity contribution in [1.82, 2.24) is 4.98 Å². The SMILES string of the molecule is CC.NC1CCc2[nH]c3ccccc3c2C1. The van der Waals surface area contributed by atoms with Crippen LogP contribution in [0.15, 0.2) is 24.3 Å². The first-order valence-electron chi connectivity index (χ1n) is 6.18.